The topological polar surface area (TPSA) is 59.1 Å². The Morgan fingerprint density at radius 3 is 2.58 bits per heavy atom. The van der Waals surface area contributed by atoms with Crippen LogP contribution in [0.3, 0.4) is 0 Å². The van der Waals surface area contributed by atoms with Gasteiger partial charge in [-0.3, -0.25) is 0 Å². The summed E-state index contributed by atoms with van der Waals surface area (Å²) >= 11 is 11.4. The third-order valence-corrected chi connectivity index (χ3v) is 4.70. The van der Waals surface area contributed by atoms with Crippen molar-refractivity contribution in [3.8, 4) is 0 Å². The Morgan fingerprint density at radius 2 is 2.00 bits per heavy atom. The number of pyridine rings is 1. The Kier molecular flexibility index (Phi) is 6.53. The van der Waals surface area contributed by atoms with E-state index in [0.717, 1.165) is 19.3 Å². The van der Waals surface area contributed by atoms with Gasteiger partial charge in [-0.25, -0.2) is 18.1 Å². The fraction of sp³-hybridized carbons (Fsp3) is 0.583. The summed E-state index contributed by atoms with van der Waals surface area (Å²) in [6.07, 6.45) is 4.10. The van der Waals surface area contributed by atoms with Gasteiger partial charge < -0.3 is 0 Å². The molecule has 0 aliphatic carbocycles. The first-order valence-electron chi connectivity index (χ1n) is 6.13. The van der Waals surface area contributed by atoms with Gasteiger partial charge in [-0.15, -0.1) is 0 Å². The normalized spacial score (nSPS) is 12.1. The van der Waals surface area contributed by atoms with Gasteiger partial charge in [0.25, 0.3) is 0 Å². The Bertz CT molecular complexity index is 518. The van der Waals surface area contributed by atoms with Crippen LogP contribution in [0, 0.1) is 5.92 Å². The van der Waals surface area contributed by atoms with Crippen molar-refractivity contribution < 1.29 is 8.42 Å². The van der Waals surface area contributed by atoms with E-state index in [-0.39, 0.29) is 15.1 Å². The van der Waals surface area contributed by atoms with Crippen molar-refractivity contribution in [3.05, 3.63) is 22.4 Å². The van der Waals surface area contributed by atoms with Crippen LogP contribution in [0.2, 0.25) is 10.2 Å². The lowest BCUT2D eigenvalue weighted by Gasteiger charge is -2.08. The zero-order chi connectivity index (χ0) is 14.5. The zero-order valence-corrected chi connectivity index (χ0v) is 13.3. The van der Waals surface area contributed by atoms with Crippen LogP contribution in [0.1, 0.15) is 33.1 Å². The van der Waals surface area contributed by atoms with E-state index < -0.39 is 10.0 Å². The van der Waals surface area contributed by atoms with Crippen LogP contribution in [0.15, 0.2) is 17.2 Å². The first-order chi connectivity index (χ1) is 8.83. The highest BCUT2D eigenvalue weighted by Crippen LogP contribution is 2.21. The molecule has 7 heteroatoms. The lowest BCUT2D eigenvalue weighted by Crippen LogP contribution is -2.25. The Morgan fingerprint density at radius 1 is 1.32 bits per heavy atom. The predicted molar refractivity (Wildman–Crippen MR) is 78.1 cm³/mol. The maximum atomic E-state index is 11.9. The highest BCUT2D eigenvalue weighted by Gasteiger charge is 2.15. The molecule has 1 N–H and O–H groups in total. The van der Waals surface area contributed by atoms with Gasteiger partial charge in [0.15, 0.2) is 0 Å². The lowest BCUT2D eigenvalue weighted by atomic mass is 10.1. The number of nitrogens with one attached hydrogen (secondary N) is 1. The molecule has 0 saturated heterocycles. The zero-order valence-electron chi connectivity index (χ0n) is 11.0. The van der Waals surface area contributed by atoms with Crippen molar-refractivity contribution in [3.63, 3.8) is 0 Å². The molecule has 1 rings (SSSR count). The molecule has 1 aromatic heterocycles. The smallest absolute Gasteiger partial charge is 0.242 e. The fourth-order valence-corrected chi connectivity index (χ4v) is 2.90. The molecule has 1 aromatic rings. The summed E-state index contributed by atoms with van der Waals surface area (Å²) in [6.45, 7) is 4.70. The molecular weight excluding hydrogens is 307 g/mol. The average Bonchev–Trinajstić information content (AvgIpc) is 2.31. The minimum absolute atomic E-state index is 0.0331. The molecule has 0 aliphatic heterocycles. The second-order valence-electron chi connectivity index (χ2n) is 4.73. The molecule has 4 nitrogen and oxygen atoms in total. The summed E-state index contributed by atoms with van der Waals surface area (Å²) < 4.78 is 26.4. The molecule has 0 atom stereocenters. The molecule has 0 aliphatic rings. The quantitative estimate of drug-likeness (QED) is 0.617. The first kappa shape index (κ1) is 16.7. The van der Waals surface area contributed by atoms with Crippen molar-refractivity contribution in [1.82, 2.24) is 9.71 Å². The minimum atomic E-state index is -3.56. The highest BCUT2D eigenvalue weighted by atomic mass is 35.5. The monoisotopic (exact) mass is 324 g/mol. The third-order valence-electron chi connectivity index (χ3n) is 2.58. The third kappa shape index (κ3) is 5.65. The van der Waals surface area contributed by atoms with Crippen LogP contribution in [0.5, 0.6) is 0 Å². The summed E-state index contributed by atoms with van der Waals surface area (Å²) in [7, 11) is -3.56. The van der Waals surface area contributed by atoms with Crippen molar-refractivity contribution in [2.24, 2.45) is 5.92 Å². The van der Waals surface area contributed by atoms with Gasteiger partial charge in [0.05, 0.1) is 5.02 Å². The Hall–Kier alpha value is -0.360. The molecule has 0 fully saturated rings. The fourth-order valence-electron chi connectivity index (χ4n) is 1.52. The van der Waals surface area contributed by atoms with Gasteiger partial charge in [0.2, 0.25) is 10.0 Å². The molecule has 0 saturated carbocycles. The van der Waals surface area contributed by atoms with Crippen molar-refractivity contribution in [2.45, 2.75) is 38.0 Å². The highest BCUT2D eigenvalue weighted by molar-refractivity contribution is 7.89. The van der Waals surface area contributed by atoms with Crippen LogP contribution >= 0.6 is 23.2 Å². The maximum absolute atomic E-state index is 11.9. The number of nitrogens with zero attached hydrogens (tertiary/aromatic N) is 1. The Labute approximate surface area is 124 Å². The molecular formula is C12H18Cl2N2O2S. The molecule has 108 valence electrons. The van der Waals surface area contributed by atoms with Gasteiger partial charge in [0, 0.05) is 12.7 Å². The lowest BCUT2D eigenvalue weighted by molar-refractivity contribution is 0.530. The largest absolute Gasteiger partial charge is 0.242 e. The SMILES string of the molecule is CC(C)CCCCNS(=O)(=O)c1cnc(Cl)c(Cl)c1. The van der Waals surface area contributed by atoms with E-state index in [2.05, 4.69) is 23.6 Å². The second-order valence-corrected chi connectivity index (χ2v) is 7.26. The molecule has 0 unspecified atom stereocenters. The number of sulfonamides is 1. The maximum Gasteiger partial charge on any atom is 0.242 e. The van der Waals surface area contributed by atoms with E-state index >= 15 is 0 Å². The number of hydrogen-bond donors (Lipinski definition) is 1. The number of halogens is 2. The van der Waals surface area contributed by atoms with Crippen molar-refractivity contribution in [2.75, 3.05) is 6.54 Å². The summed E-state index contributed by atoms with van der Waals surface area (Å²) in [4.78, 5) is 3.76. The van der Waals surface area contributed by atoms with E-state index in [1.165, 1.54) is 12.3 Å². The second kappa shape index (κ2) is 7.43. The summed E-state index contributed by atoms with van der Waals surface area (Å²) in [6, 6.07) is 1.30. The average molecular weight is 325 g/mol. The number of hydrogen-bond acceptors (Lipinski definition) is 3. The molecule has 0 spiro atoms. The number of aromatic nitrogens is 1. The van der Waals surface area contributed by atoms with Crippen LogP contribution in [0.4, 0.5) is 0 Å². The molecule has 0 bridgehead atoms. The van der Waals surface area contributed by atoms with Gasteiger partial charge in [0.1, 0.15) is 10.0 Å². The molecule has 19 heavy (non-hydrogen) atoms. The van der Waals surface area contributed by atoms with E-state index in [4.69, 9.17) is 23.2 Å². The van der Waals surface area contributed by atoms with Crippen LogP contribution < -0.4 is 4.72 Å². The summed E-state index contributed by atoms with van der Waals surface area (Å²) in [5.41, 5.74) is 0. The minimum Gasteiger partial charge on any atom is -0.242 e. The summed E-state index contributed by atoms with van der Waals surface area (Å²) in [5.74, 6) is 0.635. The van der Waals surface area contributed by atoms with Gasteiger partial charge in [-0.2, -0.15) is 0 Å². The van der Waals surface area contributed by atoms with Crippen LogP contribution in [-0.4, -0.2) is 19.9 Å². The van der Waals surface area contributed by atoms with Gasteiger partial charge >= 0.3 is 0 Å². The number of unbranched alkanes of at least 4 members (excludes halogenated alkanes) is 1. The molecule has 1 heterocycles. The van der Waals surface area contributed by atoms with Crippen LogP contribution in [0.25, 0.3) is 0 Å². The van der Waals surface area contributed by atoms with Crippen molar-refractivity contribution >= 4 is 33.2 Å². The van der Waals surface area contributed by atoms with Crippen molar-refractivity contribution in [1.29, 1.82) is 0 Å². The number of rotatable bonds is 7. The van der Waals surface area contributed by atoms with Gasteiger partial charge in [-0.05, 0) is 18.4 Å². The molecule has 0 aromatic carbocycles. The van der Waals surface area contributed by atoms with E-state index in [1.54, 1.807) is 0 Å². The summed E-state index contributed by atoms with van der Waals surface area (Å²) in [5, 5.41) is 0.224. The molecule has 0 radical (unpaired) electrons. The van der Waals surface area contributed by atoms with E-state index in [1.807, 2.05) is 0 Å². The van der Waals surface area contributed by atoms with E-state index in [0.29, 0.717) is 12.5 Å². The van der Waals surface area contributed by atoms with E-state index in [9.17, 15) is 8.42 Å². The van der Waals surface area contributed by atoms with Gasteiger partial charge in [-0.1, -0.05) is 49.9 Å². The predicted octanol–water partition coefficient (Wildman–Crippen LogP) is 3.49. The first-order valence-corrected chi connectivity index (χ1v) is 8.37. The van der Waals surface area contributed by atoms with Crippen LogP contribution in [-0.2, 0) is 10.0 Å². The Balaban J connectivity index is 2.54. The standard InChI is InChI=1S/C12H18Cl2N2O2S/c1-9(2)5-3-4-6-16-19(17,18)10-7-11(13)12(14)15-8-10/h7-9,16H,3-6H2,1-2H3. The molecule has 0 amide bonds.